The van der Waals surface area contributed by atoms with Crippen molar-refractivity contribution in [1.82, 2.24) is 9.47 Å². The Morgan fingerprint density at radius 2 is 2.00 bits per heavy atom. The highest BCUT2D eigenvalue weighted by Gasteiger charge is 2.27. The van der Waals surface area contributed by atoms with Crippen molar-refractivity contribution in [2.45, 2.75) is 52.7 Å². The van der Waals surface area contributed by atoms with Crippen LogP contribution in [-0.4, -0.2) is 34.3 Å². The molecule has 0 saturated carbocycles. The van der Waals surface area contributed by atoms with Gasteiger partial charge in [-0.2, -0.15) is 0 Å². The van der Waals surface area contributed by atoms with E-state index in [1.165, 1.54) is 21.6 Å². The molecule has 25 heavy (non-hydrogen) atoms. The van der Waals surface area contributed by atoms with Gasteiger partial charge in [0, 0.05) is 19.6 Å². The number of likely N-dealkylation sites (tertiary alicyclic amines) is 1. The van der Waals surface area contributed by atoms with Crippen LogP contribution in [0.1, 0.15) is 39.2 Å². The molecule has 0 radical (unpaired) electrons. The van der Waals surface area contributed by atoms with Crippen LogP contribution in [-0.2, 0) is 11.3 Å². The van der Waals surface area contributed by atoms with E-state index < -0.39 is 5.60 Å². The summed E-state index contributed by atoms with van der Waals surface area (Å²) in [5, 5.41) is 8.29. The number of hydrogen-bond acceptors (Lipinski definition) is 4. The van der Waals surface area contributed by atoms with Crippen LogP contribution in [0.4, 0.5) is 4.79 Å². The van der Waals surface area contributed by atoms with E-state index in [1.54, 1.807) is 0 Å². The Kier molecular flexibility index (Phi) is 4.91. The van der Waals surface area contributed by atoms with Gasteiger partial charge in [-0.3, -0.25) is 5.41 Å². The quantitative estimate of drug-likeness (QED) is 0.874. The lowest BCUT2D eigenvalue weighted by atomic mass is 9.97. The van der Waals surface area contributed by atoms with Gasteiger partial charge in [0.2, 0.25) is 0 Å². The summed E-state index contributed by atoms with van der Waals surface area (Å²) in [5.41, 5.74) is 1.93. The minimum Gasteiger partial charge on any atom is -0.444 e. The Morgan fingerprint density at radius 1 is 1.32 bits per heavy atom. The van der Waals surface area contributed by atoms with E-state index >= 15 is 0 Å². The number of fused-ring (bicyclic) bond motifs is 1. The van der Waals surface area contributed by atoms with Crippen LogP contribution in [0.2, 0.25) is 0 Å². The molecule has 5 nitrogen and oxygen atoms in total. The van der Waals surface area contributed by atoms with Gasteiger partial charge in [-0.15, -0.1) is 0 Å². The van der Waals surface area contributed by atoms with Crippen molar-refractivity contribution in [2.75, 3.05) is 13.1 Å². The van der Waals surface area contributed by atoms with Gasteiger partial charge in [0.05, 0.1) is 10.2 Å². The van der Waals surface area contributed by atoms with Gasteiger partial charge in [0.25, 0.3) is 0 Å². The van der Waals surface area contributed by atoms with Crippen molar-refractivity contribution in [1.29, 1.82) is 5.41 Å². The molecule has 1 aliphatic heterocycles. The second-order valence-electron chi connectivity index (χ2n) is 7.90. The van der Waals surface area contributed by atoms with E-state index in [-0.39, 0.29) is 6.09 Å². The van der Waals surface area contributed by atoms with Crippen LogP contribution in [0.3, 0.4) is 0 Å². The molecule has 0 atom stereocenters. The van der Waals surface area contributed by atoms with Gasteiger partial charge in [0.15, 0.2) is 4.80 Å². The predicted molar refractivity (Wildman–Crippen MR) is 101 cm³/mol. The molecule has 0 bridgehead atoms. The Bertz CT molecular complexity index is 823. The number of ether oxygens (including phenoxy) is 1. The first-order chi connectivity index (χ1) is 11.7. The van der Waals surface area contributed by atoms with E-state index in [4.69, 9.17) is 10.1 Å². The molecule has 0 spiro atoms. The molecule has 1 amide bonds. The van der Waals surface area contributed by atoms with Gasteiger partial charge in [-0.25, -0.2) is 4.79 Å². The molecule has 0 aliphatic carbocycles. The minimum absolute atomic E-state index is 0.212. The summed E-state index contributed by atoms with van der Waals surface area (Å²) in [6.07, 6.45) is 1.69. The number of aryl methyl sites for hydroxylation is 1. The lowest BCUT2D eigenvalue weighted by molar-refractivity contribution is 0.0178. The molecule has 1 aliphatic rings. The summed E-state index contributed by atoms with van der Waals surface area (Å²) < 4.78 is 8.76. The second kappa shape index (κ2) is 6.83. The van der Waals surface area contributed by atoms with Crippen LogP contribution in [0.15, 0.2) is 18.2 Å². The van der Waals surface area contributed by atoms with Gasteiger partial charge < -0.3 is 14.2 Å². The molecule has 1 N–H and O–H groups in total. The molecule has 3 rings (SSSR count). The molecule has 1 aromatic heterocycles. The maximum Gasteiger partial charge on any atom is 0.410 e. The number of hydrogen-bond donors (Lipinski definition) is 1. The predicted octanol–water partition coefficient (Wildman–Crippen LogP) is 4.14. The molecule has 2 heterocycles. The largest absolute Gasteiger partial charge is 0.444 e. The van der Waals surface area contributed by atoms with E-state index in [0.717, 1.165) is 38.0 Å². The smallest absolute Gasteiger partial charge is 0.410 e. The summed E-state index contributed by atoms with van der Waals surface area (Å²) in [6, 6.07) is 6.38. The number of piperidine rings is 1. The summed E-state index contributed by atoms with van der Waals surface area (Å²) in [4.78, 5) is 14.6. The van der Waals surface area contributed by atoms with E-state index in [0.29, 0.717) is 10.7 Å². The fraction of sp³-hybridized carbons (Fsp3) is 0.579. The summed E-state index contributed by atoms with van der Waals surface area (Å²) in [6.45, 7) is 10.1. The van der Waals surface area contributed by atoms with Crippen molar-refractivity contribution in [3.05, 3.63) is 28.6 Å². The Morgan fingerprint density at radius 3 is 2.64 bits per heavy atom. The third kappa shape index (κ3) is 4.24. The van der Waals surface area contributed by atoms with Crippen LogP contribution in [0.5, 0.6) is 0 Å². The van der Waals surface area contributed by atoms with Crippen molar-refractivity contribution in [3.8, 4) is 0 Å². The summed E-state index contributed by atoms with van der Waals surface area (Å²) >= 11 is 1.54. The first-order valence-electron chi connectivity index (χ1n) is 8.85. The topological polar surface area (TPSA) is 58.3 Å². The lowest BCUT2D eigenvalue weighted by Gasteiger charge is -2.33. The fourth-order valence-corrected chi connectivity index (χ4v) is 4.28. The molecule has 1 aromatic carbocycles. The molecule has 136 valence electrons. The molecule has 2 aromatic rings. The standard InChI is InChI=1S/C19H27N3O2S/c1-13-5-6-15-16(11-13)25-17(20)22(15)12-14-7-9-21(10-8-14)18(23)24-19(2,3)4/h5-6,11,14,20H,7-10,12H2,1-4H3. The first-order valence-corrected chi connectivity index (χ1v) is 9.67. The number of carbonyl (C=O) groups excluding carboxylic acids is 1. The van der Waals surface area contributed by atoms with Crippen molar-refractivity contribution < 1.29 is 9.53 Å². The number of thiazole rings is 1. The van der Waals surface area contributed by atoms with Crippen LogP contribution in [0.25, 0.3) is 10.2 Å². The molecule has 1 saturated heterocycles. The lowest BCUT2D eigenvalue weighted by Crippen LogP contribution is -2.42. The molecule has 1 fully saturated rings. The van der Waals surface area contributed by atoms with Crippen LogP contribution in [0, 0.1) is 18.3 Å². The Labute approximate surface area is 152 Å². The van der Waals surface area contributed by atoms with Gasteiger partial charge in [0.1, 0.15) is 5.60 Å². The average Bonchev–Trinajstić information content (AvgIpc) is 2.81. The highest BCUT2D eigenvalue weighted by atomic mass is 32.1. The minimum atomic E-state index is -0.447. The highest BCUT2D eigenvalue weighted by molar-refractivity contribution is 7.16. The maximum absolute atomic E-state index is 12.2. The zero-order chi connectivity index (χ0) is 18.2. The zero-order valence-corrected chi connectivity index (χ0v) is 16.3. The van der Waals surface area contributed by atoms with Crippen molar-refractivity contribution >= 4 is 27.6 Å². The normalized spacial score (nSPS) is 16.4. The highest BCUT2D eigenvalue weighted by Crippen LogP contribution is 2.24. The Balaban J connectivity index is 1.64. The third-order valence-corrected chi connectivity index (χ3v) is 5.53. The van der Waals surface area contributed by atoms with Crippen molar-refractivity contribution in [2.24, 2.45) is 5.92 Å². The molecule has 0 unspecified atom stereocenters. The monoisotopic (exact) mass is 361 g/mol. The molecular formula is C19H27N3O2S. The summed E-state index contributed by atoms with van der Waals surface area (Å²) in [5.74, 6) is 0.492. The number of nitrogens with zero attached hydrogens (tertiary/aromatic N) is 2. The van der Waals surface area contributed by atoms with Crippen LogP contribution < -0.4 is 4.80 Å². The maximum atomic E-state index is 12.2. The molecular weight excluding hydrogens is 334 g/mol. The number of benzene rings is 1. The van der Waals surface area contributed by atoms with Gasteiger partial charge >= 0.3 is 6.09 Å². The number of rotatable bonds is 2. The van der Waals surface area contributed by atoms with Gasteiger partial charge in [-0.05, 0) is 64.2 Å². The number of amides is 1. The zero-order valence-electron chi connectivity index (χ0n) is 15.5. The van der Waals surface area contributed by atoms with Crippen LogP contribution >= 0.6 is 11.3 Å². The number of aromatic nitrogens is 1. The first kappa shape index (κ1) is 18.0. The van der Waals surface area contributed by atoms with E-state index in [2.05, 4.69) is 29.7 Å². The Hall–Kier alpha value is -1.82. The third-order valence-electron chi connectivity index (χ3n) is 4.56. The SMILES string of the molecule is Cc1ccc2c(c1)sc(=N)n2CC1CCN(C(=O)OC(C)(C)C)CC1. The summed E-state index contributed by atoms with van der Waals surface area (Å²) in [7, 11) is 0. The van der Waals surface area contributed by atoms with Crippen molar-refractivity contribution in [3.63, 3.8) is 0 Å². The van der Waals surface area contributed by atoms with Gasteiger partial charge in [-0.1, -0.05) is 17.4 Å². The van der Waals surface area contributed by atoms with E-state index in [9.17, 15) is 4.79 Å². The second-order valence-corrected chi connectivity index (χ2v) is 8.93. The number of nitrogens with one attached hydrogen (secondary N) is 1. The van der Waals surface area contributed by atoms with E-state index in [1.807, 2.05) is 25.7 Å². The fourth-order valence-electron chi connectivity index (χ4n) is 3.26. The number of carbonyl (C=O) groups is 1. The molecule has 6 heteroatoms. The average molecular weight is 362 g/mol.